The molecule has 0 unspecified atom stereocenters. The SMILES string of the molecule is Cc1nnc(N/N=C\C(=O)c2ccccc2)[nH]c1=O. The molecule has 7 heteroatoms. The van der Waals surface area contributed by atoms with Gasteiger partial charge in [-0.15, -0.1) is 10.2 Å². The number of anilines is 1. The van der Waals surface area contributed by atoms with E-state index in [1.165, 1.54) is 6.92 Å². The summed E-state index contributed by atoms with van der Waals surface area (Å²) in [5, 5.41) is 11.0. The van der Waals surface area contributed by atoms with Gasteiger partial charge in [-0.25, -0.2) is 5.43 Å². The molecular formula is C12H11N5O2. The van der Waals surface area contributed by atoms with E-state index in [-0.39, 0.29) is 23.0 Å². The molecule has 0 atom stereocenters. The molecule has 1 aromatic heterocycles. The molecule has 19 heavy (non-hydrogen) atoms. The van der Waals surface area contributed by atoms with Crippen LogP contribution in [0.5, 0.6) is 0 Å². The largest absolute Gasteiger partial charge is 0.288 e. The number of aromatic amines is 1. The Morgan fingerprint density at radius 2 is 2.05 bits per heavy atom. The minimum atomic E-state index is -0.359. The first kappa shape index (κ1) is 12.6. The van der Waals surface area contributed by atoms with E-state index < -0.39 is 0 Å². The van der Waals surface area contributed by atoms with E-state index in [9.17, 15) is 9.59 Å². The number of Topliss-reactive ketones (excluding diaryl/α,β-unsaturated/α-hetero) is 1. The molecule has 1 heterocycles. The fraction of sp³-hybridized carbons (Fsp3) is 0.0833. The van der Waals surface area contributed by atoms with Gasteiger partial charge in [0.1, 0.15) is 5.69 Å². The Bertz CT molecular complexity index is 663. The van der Waals surface area contributed by atoms with E-state index in [1.807, 2.05) is 6.07 Å². The summed E-state index contributed by atoms with van der Waals surface area (Å²) in [6.45, 7) is 1.54. The van der Waals surface area contributed by atoms with Gasteiger partial charge in [0.05, 0.1) is 6.21 Å². The maximum absolute atomic E-state index is 11.7. The summed E-state index contributed by atoms with van der Waals surface area (Å²) >= 11 is 0. The molecule has 0 aliphatic carbocycles. The zero-order valence-corrected chi connectivity index (χ0v) is 10.1. The van der Waals surface area contributed by atoms with Gasteiger partial charge in [-0.05, 0) is 6.92 Å². The van der Waals surface area contributed by atoms with Crippen LogP contribution in [-0.2, 0) is 0 Å². The highest BCUT2D eigenvalue weighted by Crippen LogP contribution is 1.98. The van der Waals surface area contributed by atoms with Gasteiger partial charge in [0.2, 0.25) is 11.7 Å². The Morgan fingerprint density at radius 3 is 2.74 bits per heavy atom. The highest BCUT2D eigenvalue weighted by molar-refractivity contribution is 6.35. The molecule has 0 saturated carbocycles. The smallest absolute Gasteiger partial charge is 0.274 e. The van der Waals surface area contributed by atoms with Crippen LogP contribution in [0, 0.1) is 6.92 Å². The van der Waals surface area contributed by atoms with Crippen molar-refractivity contribution in [2.75, 3.05) is 5.43 Å². The van der Waals surface area contributed by atoms with Crippen molar-refractivity contribution in [2.24, 2.45) is 5.10 Å². The topological polar surface area (TPSA) is 100 Å². The van der Waals surface area contributed by atoms with Crippen molar-refractivity contribution in [1.29, 1.82) is 0 Å². The molecule has 0 spiro atoms. The van der Waals surface area contributed by atoms with Crippen molar-refractivity contribution >= 4 is 17.9 Å². The summed E-state index contributed by atoms with van der Waals surface area (Å²) in [5.41, 5.74) is 2.86. The van der Waals surface area contributed by atoms with Gasteiger partial charge in [0.15, 0.2) is 0 Å². The normalized spacial score (nSPS) is 10.6. The molecular weight excluding hydrogens is 246 g/mol. The van der Waals surface area contributed by atoms with Crippen LogP contribution in [0.3, 0.4) is 0 Å². The number of carbonyl (C=O) groups is 1. The number of hydrogen-bond donors (Lipinski definition) is 2. The van der Waals surface area contributed by atoms with Crippen molar-refractivity contribution in [3.05, 3.63) is 51.9 Å². The van der Waals surface area contributed by atoms with E-state index in [0.717, 1.165) is 6.21 Å². The van der Waals surface area contributed by atoms with Crippen LogP contribution in [0.15, 0.2) is 40.2 Å². The van der Waals surface area contributed by atoms with Crippen LogP contribution in [0.25, 0.3) is 0 Å². The zero-order chi connectivity index (χ0) is 13.7. The quantitative estimate of drug-likeness (QED) is 0.478. The van der Waals surface area contributed by atoms with Crippen LogP contribution in [0.4, 0.5) is 5.95 Å². The first-order chi connectivity index (χ1) is 9.16. The van der Waals surface area contributed by atoms with Crippen LogP contribution < -0.4 is 11.0 Å². The van der Waals surface area contributed by atoms with Crippen molar-refractivity contribution in [1.82, 2.24) is 15.2 Å². The Hall–Kier alpha value is -2.83. The maximum atomic E-state index is 11.7. The van der Waals surface area contributed by atoms with Gasteiger partial charge in [-0.2, -0.15) is 5.10 Å². The molecule has 0 bridgehead atoms. The average Bonchev–Trinajstić information content (AvgIpc) is 2.43. The highest BCUT2D eigenvalue weighted by atomic mass is 16.1. The summed E-state index contributed by atoms with van der Waals surface area (Å²) in [6.07, 6.45) is 1.11. The lowest BCUT2D eigenvalue weighted by Crippen LogP contribution is -2.15. The molecule has 2 aromatic rings. The Balaban J connectivity index is 2.02. The maximum Gasteiger partial charge on any atom is 0.274 e. The first-order valence-electron chi connectivity index (χ1n) is 5.49. The van der Waals surface area contributed by atoms with Gasteiger partial charge in [-0.3, -0.25) is 14.6 Å². The van der Waals surface area contributed by atoms with E-state index >= 15 is 0 Å². The second kappa shape index (κ2) is 5.67. The van der Waals surface area contributed by atoms with Crippen LogP contribution >= 0.6 is 0 Å². The van der Waals surface area contributed by atoms with Crippen LogP contribution in [0.2, 0.25) is 0 Å². The molecule has 0 amide bonds. The lowest BCUT2D eigenvalue weighted by atomic mass is 10.1. The standard InChI is InChI=1S/C12H11N5O2/c1-8-11(19)14-12(17-15-8)16-13-7-10(18)9-5-3-2-4-6-9/h2-7H,1H3,(H2,14,16,17,19)/b13-7-. The molecule has 0 aliphatic heterocycles. The number of hydrazone groups is 1. The molecule has 0 radical (unpaired) electrons. The fourth-order valence-electron chi connectivity index (χ4n) is 1.27. The third kappa shape index (κ3) is 3.32. The minimum Gasteiger partial charge on any atom is -0.288 e. The molecule has 0 fully saturated rings. The molecule has 1 aromatic carbocycles. The number of hydrogen-bond acceptors (Lipinski definition) is 6. The number of carbonyl (C=O) groups excluding carboxylic acids is 1. The number of H-pyrrole nitrogens is 1. The number of nitrogens with zero attached hydrogens (tertiary/aromatic N) is 3. The van der Waals surface area contributed by atoms with E-state index in [4.69, 9.17) is 0 Å². The number of aromatic nitrogens is 3. The fourth-order valence-corrected chi connectivity index (χ4v) is 1.27. The van der Waals surface area contributed by atoms with Crippen LogP contribution in [0.1, 0.15) is 16.1 Å². The predicted octanol–water partition coefficient (Wildman–Crippen LogP) is 0.754. The lowest BCUT2D eigenvalue weighted by Gasteiger charge is -1.97. The second-order valence-electron chi connectivity index (χ2n) is 3.69. The highest BCUT2D eigenvalue weighted by Gasteiger charge is 2.01. The van der Waals surface area contributed by atoms with Gasteiger partial charge in [0, 0.05) is 5.56 Å². The first-order valence-corrected chi connectivity index (χ1v) is 5.49. The zero-order valence-electron chi connectivity index (χ0n) is 10.1. The predicted molar refractivity (Wildman–Crippen MR) is 70.3 cm³/mol. The summed E-state index contributed by atoms with van der Waals surface area (Å²) in [4.78, 5) is 25.3. The van der Waals surface area contributed by atoms with Gasteiger partial charge in [0.25, 0.3) is 5.56 Å². The van der Waals surface area contributed by atoms with Gasteiger partial charge < -0.3 is 0 Å². The number of nitrogens with one attached hydrogen (secondary N) is 2. The van der Waals surface area contributed by atoms with Gasteiger partial charge in [-0.1, -0.05) is 30.3 Å². The Labute approximate surface area is 108 Å². The summed E-state index contributed by atoms with van der Waals surface area (Å²) in [5.74, 6) is -0.178. The van der Waals surface area contributed by atoms with E-state index in [1.54, 1.807) is 24.3 Å². The molecule has 96 valence electrons. The summed E-state index contributed by atoms with van der Waals surface area (Å²) in [7, 11) is 0. The second-order valence-corrected chi connectivity index (χ2v) is 3.69. The molecule has 2 rings (SSSR count). The third-order valence-corrected chi connectivity index (χ3v) is 2.27. The number of aryl methyl sites for hydroxylation is 1. The Morgan fingerprint density at radius 1 is 1.32 bits per heavy atom. The lowest BCUT2D eigenvalue weighted by molar-refractivity contribution is 0.107. The Kier molecular flexibility index (Phi) is 3.77. The molecule has 2 N–H and O–H groups in total. The average molecular weight is 257 g/mol. The van der Waals surface area contributed by atoms with Crippen molar-refractivity contribution in [2.45, 2.75) is 6.92 Å². The monoisotopic (exact) mass is 257 g/mol. The van der Waals surface area contributed by atoms with Crippen molar-refractivity contribution in [3.8, 4) is 0 Å². The number of benzene rings is 1. The summed E-state index contributed by atoms with van der Waals surface area (Å²) < 4.78 is 0. The molecule has 7 nitrogen and oxygen atoms in total. The molecule has 0 saturated heterocycles. The van der Waals surface area contributed by atoms with E-state index in [0.29, 0.717) is 5.56 Å². The van der Waals surface area contributed by atoms with Crippen molar-refractivity contribution in [3.63, 3.8) is 0 Å². The van der Waals surface area contributed by atoms with Crippen molar-refractivity contribution < 1.29 is 4.79 Å². The minimum absolute atomic E-state index is 0.0766. The van der Waals surface area contributed by atoms with E-state index in [2.05, 4.69) is 25.7 Å². The molecule has 0 aliphatic rings. The number of ketones is 1. The summed E-state index contributed by atoms with van der Waals surface area (Å²) in [6, 6.07) is 8.71. The third-order valence-electron chi connectivity index (χ3n) is 2.27. The van der Waals surface area contributed by atoms with Crippen LogP contribution in [-0.4, -0.2) is 27.2 Å². The number of rotatable bonds is 4. The van der Waals surface area contributed by atoms with Gasteiger partial charge >= 0.3 is 0 Å².